The van der Waals surface area contributed by atoms with Crippen molar-refractivity contribution in [1.82, 2.24) is 9.55 Å². The van der Waals surface area contributed by atoms with E-state index in [9.17, 15) is 0 Å². The molecule has 0 saturated heterocycles. The molecular formula is C10H15N3. The van der Waals surface area contributed by atoms with E-state index in [0.29, 0.717) is 12.6 Å². The van der Waals surface area contributed by atoms with Crippen LogP contribution in [-0.2, 0) is 6.42 Å². The van der Waals surface area contributed by atoms with Crippen molar-refractivity contribution in [1.29, 1.82) is 0 Å². The fourth-order valence-electron chi connectivity index (χ4n) is 1.83. The Morgan fingerprint density at radius 3 is 2.92 bits per heavy atom. The zero-order valence-electron chi connectivity index (χ0n) is 7.69. The number of nitrogens with two attached hydrogens (primary N) is 1. The van der Waals surface area contributed by atoms with Gasteiger partial charge in [0, 0.05) is 24.4 Å². The van der Waals surface area contributed by atoms with E-state index in [2.05, 4.69) is 21.7 Å². The Balaban J connectivity index is 2.14. The number of hydrogen-bond donors (Lipinski definition) is 1. The summed E-state index contributed by atoms with van der Waals surface area (Å²) in [5.41, 5.74) is 6.79. The molecule has 3 heteroatoms. The van der Waals surface area contributed by atoms with E-state index in [1.165, 1.54) is 5.69 Å². The van der Waals surface area contributed by atoms with Crippen LogP contribution in [0, 0.1) is 0 Å². The molecule has 2 N–H and O–H groups in total. The van der Waals surface area contributed by atoms with Gasteiger partial charge in [0.05, 0.1) is 6.33 Å². The van der Waals surface area contributed by atoms with E-state index in [1.54, 1.807) is 0 Å². The molecule has 0 atom stereocenters. The number of hydrogen-bond acceptors (Lipinski definition) is 2. The highest BCUT2D eigenvalue weighted by Gasteiger charge is 2.14. The number of allylic oxidation sites excluding steroid dienone is 2. The number of rotatable bonds is 3. The number of nitrogens with zero attached hydrogens (tertiary/aromatic N) is 2. The third kappa shape index (κ3) is 1.65. The zero-order valence-corrected chi connectivity index (χ0v) is 7.69. The van der Waals surface area contributed by atoms with Crippen LogP contribution >= 0.6 is 0 Å². The fraction of sp³-hybridized carbons (Fsp3) is 0.500. The first-order chi connectivity index (χ1) is 6.42. The second-order valence-corrected chi connectivity index (χ2v) is 3.43. The van der Waals surface area contributed by atoms with Gasteiger partial charge in [-0.3, -0.25) is 0 Å². The van der Waals surface area contributed by atoms with Gasteiger partial charge in [-0.15, -0.1) is 0 Å². The second-order valence-electron chi connectivity index (χ2n) is 3.43. The molecule has 0 aromatic carbocycles. The lowest BCUT2D eigenvalue weighted by Gasteiger charge is -2.14. The lowest BCUT2D eigenvalue weighted by molar-refractivity contribution is 0.516. The zero-order chi connectivity index (χ0) is 9.10. The molecule has 0 unspecified atom stereocenters. The van der Waals surface area contributed by atoms with E-state index in [1.807, 2.05) is 12.5 Å². The van der Waals surface area contributed by atoms with Crippen molar-refractivity contribution in [3.63, 3.8) is 0 Å². The van der Waals surface area contributed by atoms with Crippen LogP contribution in [0.15, 0.2) is 24.7 Å². The Kier molecular flexibility index (Phi) is 2.45. The summed E-state index contributed by atoms with van der Waals surface area (Å²) in [5, 5.41) is 0. The first kappa shape index (κ1) is 8.51. The molecule has 0 fully saturated rings. The standard InChI is InChI=1S/C10H15N3/c11-6-5-10-7-12-8-13(10)9-3-1-2-4-9/h1-2,7-9H,3-6,11H2. The minimum atomic E-state index is 0.587. The summed E-state index contributed by atoms with van der Waals surface area (Å²) in [6.45, 7) is 0.700. The lowest BCUT2D eigenvalue weighted by Crippen LogP contribution is -2.11. The predicted molar refractivity (Wildman–Crippen MR) is 52.4 cm³/mol. The number of aromatic nitrogens is 2. The van der Waals surface area contributed by atoms with Crippen LogP contribution in [0.4, 0.5) is 0 Å². The molecule has 0 radical (unpaired) electrons. The molecule has 0 aliphatic heterocycles. The molecule has 0 saturated carbocycles. The fourth-order valence-corrected chi connectivity index (χ4v) is 1.83. The van der Waals surface area contributed by atoms with Gasteiger partial charge in [-0.25, -0.2) is 4.98 Å². The van der Waals surface area contributed by atoms with Crippen molar-refractivity contribution in [3.8, 4) is 0 Å². The molecule has 1 aromatic rings. The van der Waals surface area contributed by atoms with Crippen molar-refractivity contribution in [2.45, 2.75) is 25.3 Å². The Morgan fingerprint density at radius 1 is 1.46 bits per heavy atom. The summed E-state index contributed by atoms with van der Waals surface area (Å²) in [4.78, 5) is 4.16. The molecule has 13 heavy (non-hydrogen) atoms. The highest BCUT2D eigenvalue weighted by Crippen LogP contribution is 2.24. The van der Waals surface area contributed by atoms with Gasteiger partial charge in [0.25, 0.3) is 0 Å². The molecule has 70 valence electrons. The maximum atomic E-state index is 5.53. The van der Waals surface area contributed by atoms with Crippen molar-refractivity contribution >= 4 is 0 Å². The SMILES string of the molecule is NCCc1cncn1C1CC=CC1. The van der Waals surface area contributed by atoms with Crippen molar-refractivity contribution in [2.24, 2.45) is 5.73 Å². The van der Waals surface area contributed by atoms with Gasteiger partial charge < -0.3 is 10.3 Å². The molecule has 3 nitrogen and oxygen atoms in total. The predicted octanol–water partition coefficient (Wildman–Crippen LogP) is 1.28. The quantitative estimate of drug-likeness (QED) is 0.707. The molecule has 0 spiro atoms. The summed E-state index contributed by atoms with van der Waals surface area (Å²) < 4.78 is 2.26. The summed E-state index contributed by atoms with van der Waals surface area (Å²) in [6.07, 6.45) is 11.5. The van der Waals surface area contributed by atoms with Gasteiger partial charge in [0.2, 0.25) is 0 Å². The minimum absolute atomic E-state index is 0.587. The molecule has 1 heterocycles. The van der Waals surface area contributed by atoms with Crippen molar-refractivity contribution in [2.75, 3.05) is 6.54 Å². The first-order valence-corrected chi connectivity index (χ1v) is 4.77. The van der Waals surface area contributed by atoms with Gasteiger partial charge in [0.15, 0.2) is 0 Å². The van der Waals surface area contributed by atoms with Gasteiger partial charge in [-0.2, -0.15) is 0 Å². The molecule has 1 aromatic heterocycles. The minimum Gasteiger partial charge on any atom is -0.331 e. The van der Waals surface area contributed by atoms with Gasteiger partial charge >= 0.3 is 0 Å². The summed E-state index contributed by atoms with van der Waals surface area (Å²) in [7, 11) is 0. The van der Waals surface area contributed by atoms with E-state index < -0.39 is 0 Å². The van der Waals surface area contributed by atoms with E-state index in [-0.39, 0.29) is 0 Å². The topological polar surface area (TPSA) is 43.8 Å². The normalized spacial score (nSPS) is 17.0. The maximum Gasteiger partial charge on any atom is 0.0951 e. The summed E-state index contributed by atoms with van der Waals surface area (Å²) in [6, 6.07) is 0.587. The Morgan fingerprint density at radius 2 is 2.23 bits per heavy atom. The average molecular weight is 177 g/mol. The van der Waals surface area contributed by atoms with Crippen LogP contribution in [-0.4, -0.2) is 16.1 Å². The number of imidazole rings is 1. The van der Waals surface area contributed by atoms with Crippen LogP contribution in [0.1, 0.15) is 24.6 Å². The van der Waals surface area contributed by atoms with E-state index >= 15 is 0 Å². The largest absolute Gasteiger partial charge is 0.331 e. The van der Waals surface area contributed by atoms with Crippen LogP contribution in [0.3, 0.4) is 0 Å². The highest BCUT2D eigenvalue weighted by molar-refractivity contribution is 5.06. The Bertz CT molecular complexity index is 293. The lowest BCUT2D eigenvalue weighted by atomic mass is 10.2. The molecule has 1 aliphatic carbocycles. The smallest absolute Gasteiger partial charge is 0.0951 e. The first-order valence-electron chi connectivity index (χ1n) is 4.77. The maximum absolute atomic E-state index is 5.53. The van der Waals surface area contributed by atoms with Crippen LogP contribution < -0.4 is 5.73 Å². The molecular weight excluding hydrogens is 162 g/mol. The summed E-state index contributed by atoms with van der Waals surface area (Å²) in [5.74, 6) is 0. The van der Waals surface area contributed by atoms with Crippen LogP contribution in [0.25, 0.3) is 0 Å². The van der Waals surface area contributed by atoms with Crippen molar-refractivity contribution in [3.05, 3.63) is 30.4 Å². The Hall–Kier alpha value is -1.09. The average Bonchev–Trinajstić information content (AvgIpc) is 2.71. The monoisotopic (exact) mass is 177 g/mol. The molecule has 0 bridgehead atoms. The third-order valence-corrected chi connectivity index (χ3v) is 2.52. The van der Waals surface area contributed by atoms with E-state index in [4.69, 9.17) is 5.73 Å². The van der Waals surface area contributed by atoms with Gasteiger partial charge in [-0.05, 0) is 19.4 Å². The van der Waals surface area contributed by atoms with Crippen molar-refractivity contribution < 1.29 is 0 Å². The van der Waals surface area contributed by atoms with E-state index in [0.717, 1.165) is 19.3 Å². The third-order valence-electron chi connectivity index (χ3n) is 2.52. The molecule has 1 aliphatic rings. The summed E-state index contributed by atoms with van der Waals surface area (Å²) >= 11 is 0. The Labute approximate surface area is 78.3 Å². The molecule has 2 rings (SSSR count). The van der Waals surface area contributed by atoms with Crippen LogP contribution in [0.5, 0.6) is 0 Å². The van der Waals surface area contributed by atoms with Crippen LogP contribution in [0.2, 0.25) is 0 Å². The van der Waals surface area contributed by atoms with Gasteiger partial charge in [-0.1, -0.05) is 12.2 Å². The second kappa shape index (κ2) is 3.75. The highest BCUT2D eigenvalue weighted by atomic mass is 15.1. The molecule has 0 amide bonds. The van der Waals surface area contributed by atoms with Gasteiger partial charge in [0.1, 0.15) is 0 Å².